The maximum atomic E-state index is 12.5. The third-order valence-electron chi connectivity index (χ3n) is 3.52. The highest BCUT2D eigenvalue weighted by Gasteiger charge is 2.29. The molecule has 1 N–H and O–H groups in total. The van der Waals surface area contributed by atoms with E-state index >= 15 is 0 Å². The fourth-order valence-corrected chi connectivity index (χ4v) is 3.02. The van der Waals surface area contributed by atoms with Gasteiger partial charge in [0.05, 0.1) is 5.75 Å². The third kappa shape index (κ3) is 5.38. The summed E-state index contributed by atoms with van der Waals surface area (Å²) in [5.41, 5.74) is 0. The molecule has 20 heavy (non-hydrogen) atoms. The summed E-state index contributed by atoms with van der Waals surface area (Å²) in [6.45, 7) is 8.56. The van der Waals surface area contributed by atoms with Crippen LogP contribution >= 0.6 is 0 Å². The average molecular weight is 305 g/mol. The second kappa shape index (κ2) is 7.38. The van der Waals surface area contributed by atoms with Crippen molar-refractivity contribution in [2.45, 2.75) is 33.2 Å². The molecule has 0 spiro atoms. The Hall–Kier alpha value is -0.660. The van der Waals surface area contributed by atoms with E-state index in [1.807, 2.05) is 20.9 Å². The van der Waals surface area contributed by atoms with E-state index in [2.05, 4.69) is 9.62 Å². The summed E-state index contributed by atoms with van der Waals surface area (Å²) in [5, 5.41) is 0. The molecule has 1 heterocycles. The highest BCUT2D eigenvalue weighted by atomic mass is 32.2. The lowest BCUT2D eigenvalue weighted by atomic mass is 10.0. The van der Waals surface area contributed by atoms with Gasteiger partial charge in [0, 0.05) is 26.2 Å². The van der Waals surface area contributed by atoms with Crippen molar-refractivity contribution in [1.82, 2.24) is 14.5 Å². The average Bonchev–Trinajstić information content (AvgIpc) is 2.37. The second-order valence-corrected chi connectivity index (χ2v) is 7.87. The Morgan fingerprint density at radius 2 is 1.75 bits per heavy atom. The van der Waals surface area contributed by atoms with Crippen LogP contribution in [0, 0.1) is 5.92 Å². The van der Waals surface area contributed by atoms with E-state index in [1.54, 1.807) is 11.8 Å². The first-order valence-electron chi connectivity index (χ1n) is 7.22. The van der Waals surface area contributed by atoms with E-state index in [-0.39, 0.29) is 17.6 Å². The highest BCUT2D eigenvalue weighted by Crippen LogP contribution is 2.11. The number of nitrogens with zero attached hydrogens (tertiary/aromatic N) is 2. The minimum absolute atomic E-state index is 0.00237. The molecule has 7 heteroatoms. The smallest absolute Gasteiger partial charge is 0.240 e. The van der Waals surface area contributed by atoms with Crippen LogP contribution < -0.4 is 4.72 Å². The molecule has 0 unspecified atom stereocenters. The van der Waals surface area contributed by atoms with Crippen LogP contribution in [0.25, 0.3) is 0 Å². The van der Waals surface area contributed by atoms with Gasteiger partial charge in [-0.2, -0.15) is 0 Å². The standard InChI is InChI=1S/C13H27N3O3S/c1-5-20(18,19)14-12(10-11(2)3)13(17)16-8-6-15(4)7-9-16/h11-12,14H,5-10H2,1-4H3/t12-/m1/s1. The highest BCUT2D eigenvalue weighted by molar-refractivity contribution is 7.89. The number of carbonyl (C=O) groups is 1. The molecule has 0 aromatic heterocycles. The first-order valence-corrected chi connectivity index (χ1v) is 8.87. The van der Waals surface area contributed by atoms with Crippen molar-refractivity contribution in [3.63, 3.8) is 0 Å². The SMILES string of the molecule is CCS(=O)(=O)N[C@H](CC(C)C)C(=O)N1CCN(C)CC1. The van der Waals surface area contributed by atoms with Crippen LogP contribution in [-0.2, 0) is 14.8 Å². The number of sulfonamides is 1. The molecular weight excluding hydrogens is 278 g/mol. The topological polar surface area (TPSA) is 69.7 Å². The lowest BCUT2D eigenvalue weighted by molar-refractivity contribution is -0.135. The molecule has 1 aliphatic rings. The van der Waals surface area contributed by atoms with Crippen molar-refractivity contribution in [3.05, 3.63) is 0 Å². The van der Waals surface area contributed by atoms with Crippen molar-refractivity contribution in [2.24, 2.45) is 5.92 Å². The molecule has 1 amide bonds. The monoisotopic (exact) mass is 305 g/mol. The summed E-state index contributed by atoms with van der Waals surface area (Å²) >= 11 is 0. The molecule has 1 fully saturated rings. The molecule has 0 bridgehead atoms. The molecule has 1 atom stereocenters. The number of rotatable bonds is 6. The molecule has 0 aromatic carbocycles. The van der Waals surface area contributed by atoms with Gasteiger partial charge in [0.2, 0.25) is 15.9 Å². The number of hydrogen-bond acceptors (Lipinski definition) is 4. The van der Waals surface area contributed by atoms with Crippen LogP contribution in [0.1, 0.15) is 27.2 Å². The van der Waals surface area contributed by atoms with Crippen LogP contribution in [0.15, 0.2) is 0 Å². The Morgan fingerprint density at radius 1 is 1.20 bits per heavy atom. The predicted octanol–water partition coefficient (Wildman–Crippen LogP) is 0.114. The van der Waals surface area contributed by atoms with Gasteiger partial charge in [0.15, 0.2) is 0 Å². The van der Waals surface area contributed by atoms with Gasteiger partial charge >= 0.3 is 0 Å². The Morgan fingerprint density at radius 3 is 2.20 bits per heavy atom. The molecule has 1 aliphatic heterocycles. The van der Waals surface area contributed by atoms with Crippen molar-refractivity contribution in [2.75, 3.05) is 39.0 Å². The van der Waals surface area contributed by atoms with E-state index in [1.165, 1.54) is 0 Å². The molecule has 1 saturated heterocycles. The molecule has 0 saturated carbocycles. The summed E-state index contributed by atoms with van der Waals surface area (Å²) in [6.07, 6.45) is 0.532. The second-order valence-electron chi connectivity index (χ2n) is 5.83. The zero-order chi connectivity index (χ0) is 15.3. The summed E-state index contributed by atoms with van der Waals surface area (Å²) in [4.78, 5) is 16.4. The minimum Gasteiger partial charge on any atom is -0.339 e. The van der Waals surface area contributed by atoms with E-state index in [0.717, 1.165) is 13.1 Å². The van der Waals surface area contributed by atoms with Gasteiger partial charge in [-0.3, -0.25) is 4.79 Å². The van der Waals surface area contributed by atoms with Crippen molar-refractivity contribution in [1.29, 1.82) is 0 Å². The van der Waals surface area contributed by atoms with E-state index < -0.39 is 16.1 Å². The first kappa shape index (κ1) is 17.4. The number of piperazine rings is 1. The van der Waals surface area contributed by atoms with E-state index in [9.17, 15) is 13.2 Å². The molecule has 1 rings (SSSR count). The first-order chi connectivity index (χ1) is 9.25. The molecule has 0 aromatic rings. The molecule has 0 radical (unpaired) electrons. The van der Waals surface area contributed by atoms with Crippen LogP contribution in [0.5, 0.6) is 0 Å². The molecular formula is C13H27N3O3S. The van der Waals surface area contributed by atoms with Gasteiger partial charge < -0.3 is 9.80 Å². The summed E-state index contributed by atoms with van der Waals surface area (Å²) in [5.74, 6) is 0.164. The Kier molecular flexibility index (Phi) is 6.42. The molecule has 6 nitrogen and oxygen atoms in total. The Bertz CT molecular complexity index is 415. The number of carbonyl (C=O) groups excluding carboxylic acids is 1. The van der Waals surface area contributed by atoms with Crippen molar-refractivity contribution >= 4 is 15.9 Å². The third-order valence-corrected chi connectivity index (χ3v) is 4.93. The summed E-state index contributed by atoms with van der Waals surface area (Å²) in [7, 11) is -1.35. The van der Waals surface area contributed by atoms with E-state index in [4.69, 9.17) is 0 Å². The number of nitrogens with one attached hydrogen (secondary N) is 1. The number of amides is 1. The quantitative estimate of drug-likeness (QED) is 0.756. The molecule has 0 aliphatic carbocycles. The molecule has 118 valence electrons. The van der Waals surface area contributed by atoms with Gasteiger partial charge in [-0.25, -0.2) is 13.1 Å². The van der Waals surface area contributed by atoms with Gasteiger partial charge in [0.1, 0.15) is 6.04 Å². The van der Waals surface area contributed by atoms with Crippen LogP contribution in [-0.4, -0.2) is 69.1 Å². The van der Waals surface area contributed by atoms with E-state index in [0.29, 0.717) is 19.5 Å². The van der Waals surface area contributed by atoms with Crippen molar-refractivity contribution < 1.29 is 13.2 Å². The van der Waals surface area contributed by atoms with Crippen LogP contribution in [0.2, 0.25) is 0 Å². The van der Waals surface area contributed by atoms with Gasteiger partial charge in [-0.05, 0) is 26.3 Å². The number of likely N-dealkylation sites (N-methyl/N-ethyl adjacent to an activating group) is 1. The fraction of sp³-hybridized carbons (Fsp3) is 0.923. The van der Waals surface area contributed by atoms with Crippen LogP contribution in [0.4, 0.5) is 0 Å². The Labute approximate surface area is 122 Å². The maximum absolute atomic E-state index is 12.5. The predicted molar refractivity (Wildman–Crippen MR) is 79.9 cm³/mol. The lowest BCUT2D eigenvalue weighted by Gasteiger charge is -2.35. The maximum Gasteiger partial charge on any atom is 0.240 e. The minimum atomic E-state index is -3.37. The summed E-state index contributed by atoms with van der Waals surface area (Å²) < 4.78 is 26.0. The van der Waals surface area contributed by atoms with Crippen molar-refractivity contribution in [3.8, 4) is 0 Å². The van der Waals surface area contributed by atoms with Gasteiger partial charge in [-0.15, -0.1) is 0 Å². The number of hydrogen-bond donors (Lipinski definition) is 1. The lowest BCUT2D eigenvalue weighted by Crippen LogP contribution is -2.54. The van der Waals surface area contributed by atoms with Gasteiger partial charge in [-0.1, -0.05) is 13.8 Å². The Balaban J connectivity index is 2.74. The van der Waals surface area contributed by atoms with Gasteiger partial charge in [0.25, 0.3) is 0 Å². The fourth-order valence-electron chi connectivity index (χ4n) is 2.22. The largest absolute Gasteiger partial charge is 0.339 e. The zero-order valence-corrected chi connectivity index (χ0v) is 13.7. The normalized spacial score (nSPS) is 19.4. The summed E-state index contributed by atoms with van der Waals surface area (Å²) in [6, 6.07) is -0.636. The van der Waals surface area contributed by atoms with Crippen LogP contribution in [0.3, 0.4) is 0 Å². The zero-order valence-electron chi connectivity index (χ0n) is 12.9.